The van der Waals surface area contributed by atoms with Crippen molar-refractivity contribution in [2.45, 2.75) is 32.2 Å². The Morgan fingerprint density at radius 2 is 2.00 bits per heavy atom. The van der Waals surface area contributed by atoms with Gasteiger partial charge in [0.15, 0.2) is 6.61 Å². The van der Waals surface area contributed by atoms with Gasteiger partial charge in [0.25, 0.3) is 0 Å². The molecule has 6 heteroatoms. The molecular weight excluding hydrogens is 318 g/mol. The number of nitrogens with zero attached hydrogens (tertiary/aromatic N) is 3. The van der Waals surface area contributed by atoms with Gasteiger partial charge in [-0.05, 0) is 56.1 Å². The lowest BCUT2D eigenvalue weighted by atomic mass is 9.91. The quantitative estimate of drug-likeness (QED) is 0.870. The zero-order valence-electron chi connectivity index (χ0n) is 14.4. The van der Waals surface area contributed by atoms with Gasteiger partial charge in [0.1, 0.15) is 12.1 Å². The predicted molar refractivity (Wildman–Crippen MR) is 93.6 cm³/mol. The van der Waals surface area contributed by atoms with E-state index in [1.54, 1.807) is 6.33 Å². The molecule has 6 nitrogen and oxygen atoms in total. The summed E-state index contributed by atoms with van der Waals surface area (Å²) < 4.78 is 5.16. The molecule has 132 valence electrons. The van der Waals surface area contributed by atoms with E-state index in [0.29, 0.717) is 11.7 Å². The fourth-order valence-corrected chi connectivity index (χ4v) is 3.29. The zero-order valence-corrected chi connectivity index (χ0v) is 14.4. The molecule has 0 amide bonds. The van der Waals surface area contributed by atoms with Crippen LogP contribution in [0.5, 0.6) is 5.75 Å². The number of hydrogen-bond donors (Lipinski definition) is 1. The lowest BCUT2D eigenvalue weighted by molar-refractivity contribution is -0.139. The summed E-state index contributed by atoms with van der Waals surface area (Å²) in [5.41, 5.74) is 3.58. The first-order valence-electron chi connectivity index (χ1n) is 8.54. The smallest absolute Gasteiger partial charge is 0.341 e. The molecular formula is C19H23N3O3. The van der Waals surface area contributed by atoms with Crippen LogP contribution in [0.15, 0.2) is 36.8 Å². The summed E-state index contributed by atoms with van der Waals surface area (Å²) >= 11 is 0. The zero-order chi connectivity index (χ0) is 17.6. The van der Waals surface area contributed by atoms with Gasteiger partial charge < -0.3 is 9.84 Å². The van der Waals surface area contributed by atoms with Crippen LogP contribution >= 0.6 is 0 Å². The van der Waals surface area contributed by atoms with Gasteiger partial charge in [-0.1, -0.05) is 12.1 Å². The Hall–Kier alpha value is -2.47. The monoisotopic (exact) mass is 341 g/mol. The van der Waals surface area contributed by atoms with Gasteiger partial charge in [-0.3, -0.25) is 4.90 Å². The molecule has 1 aromatic carbocycles. The summed E-state index contributed by atoms with van der Waals surface area (Å²) in [4.78, 5) is 21.5. The van der Waals surface area contributed by atoms with E-state index in [1.807, 2.05) is 30.5 Å². The number of aliphatic carboxylic acids is 1. The second-order valence-electron chi connectivity index (χ2n) is 6.47. The highest BCUT2D eigenvalue weighted by molar-refractivity contribution is 5.68. The van der Waals surface area contributed by atoms with Gasteiger partial charge in [0, 0.05) is 24.4 Å². The molecule has 3 rings (SSSR count). The van der Waals surface area contributed by atoms with Crippen molar-refractivity contribution >= 4 is 5.97 Å². The first-order chi connectivity index (χ1) is 12.1. The molecule has 0 bridgehead atoms. The minimum Gasteiger partial charge on any atom is -0.482 e. The Balaban J connectivity index is 1.50. The van der Waals surface area contributed by atoms with E-state index < -0.39 is 5.97 Å². The van der Waals surface area contributed by atoms with Crippen LogP contribution < -0.4 is 4.74 Å². The number of ether oxygens (including phenoxy) is 1. The lowest BCUT2D eigenvalue weighted by Crippen LogP contribution is -2.32. The number of benzene rings is 1. The Kier molecular flexibility index (Phi) is 5.60. The third-order valence-corrected chi connectivity index (χ3v) is 4.60. The molecule has 0 unspecified atom stereocenters. The Morgan fingerprint density at radius 3 is 2.64 bits per heavy atom. The highest BCUT2D eigenvalue weighted by Crippen LogP contribution is 2.29. The average Bonchev–Trinajstić information content (AvgIpc) is 2.62. The summed E-state index contributed by atoms with van der Waals surface area (Å²) in [6, 6.07) is 7.65. The van der Waals surface area contributed by atoms with Crippen LogP contribution in [0.1, 0.15) is 35.6 Å². The SMILES string of the molecule is Cc1cncnc1C1CCN(Cc2ccc(OCC(=O)O)cc2)CC1. The Bertz CT molecular complexity index is 710. The first kappa shape index (κ1) is 17.4. The summed E-state index contributed by atoms with van der Waals surface area (Å²) in [5, 5.41) is 8.63. The molecule has 0 atom stereocenters. The second kappa shape index (κ2) is 8.07. The number of rotatable bonds is 6. The van der Waals surface area contributed by atoms with Gasteiger partial charge >= 0.3 is 5.97 Å². The number of carboxylic acids is 1. The van der Waals surface area contributed by atoms with Gasteiger partial charge in [-0.2, -0.15) is 0 Å². The molecule has 1 fully saturated rings. The number of hydrogen-bond acceptors (Lipinski definition) is 5. The van der Waals surface area contributed by atoms with Crippen LogP contribution in [0.4, 0.5) is 0 Å². The highest BCUT2D eigenvalue weighted by Gasteiger charge is 2.22. The maximum absolute atomic E-state index is 10.5. The third kappa shape index (κ3) is 4.76. The Morgan fingerprint density at radius 1 is 1.28 bits per heavy atom. The second-order valence-corrected chi connectivity index (χ2v) is 6.47. The topological polar surface area (TPSA) is 75.5 Å². The molecule has 2 heterocycles. The van der Waals surface area contributed by atoms with Crippen molar-refractivity contribution in [2.24, 2.45) is 0 Å². The Labute approximate surface area is 147 Å². The molecule has 0 spiro atoms. The maximum Gasteiger partial charge on any atom is 0.341 e. The average molecular weight is 341 g/mol. The molecule has 25 heavy (non-hydrogen) atoms. The number of piperidine rings is 1. The van der Waals surface area contributed by atoms with Crippen LogP contribution in [0.2, 0.25) is 0 Å². The van der Waals surface area contributed by atoms with Crippen molar-refractivity contribution in [3.8, 4) is 5.75 Å². The van der Waals surface area contributed by atoms with Crippen molar-refractivity contribution in [2.75, 3.05) is 19.7 Å². The van der Waals surface area contributed by atoms with E-state index in [2.05, 4.69) is 21.8 Å². The molecule has 1 aromatic heterocycles. The van der Waals surface area contributed by atoms with Crippen molar-refractivity contribution in [1.29, 1.82) is 0 Å². The van der Waals surface area contributed by atoms with Crippen LogP contribution in [0.25, 0.3) is 0 Å². The van der Waals surface area contributed by atoms with Crippen LogP contribution in [0.3, 0.4) is 0 Å². The van der Waals surface area contributed by atoms with Crippen LogP contribution in [-0.2, 0) is 11.3 Å². The molecule has 0 saturated carbocycles. The minimum absolute atomic E-state index is 0.310. The van der Waals surface area contributed by atoms with Crippen LogP contribution in [0, 0.1) is 6.92 Å². The fraction of sp³-hybridized carbons (Fsp3) is 0.421. The maximum atomic E-state index is 10.5. The third-order valence-electron chi connectivity index (χ3n) is 4.60. The van der Waals surface area contributed by atoms with Gasteiger partial charge in [-0.15, -0.1) is 0 Å². The van der Waals surface area contributed by atoms with Crippen molar-refractivity contribution in [1.82, 2.24) is 14.9 Å². The number of carboxylic acid groups (broad SMARTS) is 1. The van der Waals surface area contributed by atoms with E-state index in [1.165, 1.54) is 16.8 Å². The predicted octanol–water partition coefficient (Wildman–Crippen LogP) is 2.63. The molecule has 0 radical (unpaired) electrons. The van der Waals surface area contributed by atoms with Gasteiger partial charge in [0.2, 0.25) is 0 Å². The highest BCUT2D eigenvalue weighted by atomic mass is 16.5. The lowest BCUT2D eigenvalue weighted by Gasteiger charge is -2.32. The summed E-state index contributed by atoms with van der Waals surface area (Å²) in [5.74, 6) is 0.140. The first-order valence-corrected chi connectivity index (χ1v) is 8.54. The summed E-state index contributed by atoms with van der Waals surface area (Å²) in [7, 11) is 0. The summed E-state index contributed by atoms with van der Waals surface area (Å²) in [6.07, 6.45) is 5.75. The van der Waals surface area contributed by atoms with E-state index >= 15 is 0 Å². The largest absolute Gasteiger partial charge is 0.482 e. The molecule has 1 aliphatic heterocycles. The molecule has 2 aromatic rings. The van der Waals surface area contributed by atoms with E-state index in [4.69, 9.17) is 9.84 Å². The number of aryl methyl sites for hydroxylation is 1. The van der Waals surface area contributed by atoms with Crippen LogP contribution in [-0.4, -0.2) is 45.6 Å². The standard InChI is InChI=1S/C19H23N3O3/c1-14-10-20-13-21-19(14)16-6-8-22(9-7-16)11-15-2-4-17(5-3-15)25-12-18(23)24/h2-5,10,13,16H,6-9,11-12H2,1H3,(H,23,24). The fourth-order valence-electron chi connectivity index (χ4n) is 3.29. The number of carbonyl (C=O) groups is 1. The van der Waals surface area contributed by atoms with Gasteiger partial charge in [-0.25, -0.2) is 14.8 Å². The number of likely N-dealkylation sites (tertiary alicyclic amines) is 1. The minimum atomic E-state index is -0.967. The van der Waals surface area contributed by atoms with Gasteiger partial charge in [0.05, 0.1) is 0 Å². The van der Waals surface area contributed by atoms with Crippen molar-refractivity contribution < 1.29 is 14.6 Å². The summed E-state index contributed by atoms with van der Waals surface area (Å²) in [6.45, 7) is 4.76. The molecule has 1 aliphatic rings. The van der Waals surface area contributed by atoms with Crippen molar-refractivity contribution in [3.63, 3.8) is 0 Å². The van der Waals surface area contributed by atoms with Crippen molar-refractivity contribution in [3.05, 3.63) is 53.6 Å². The van der Waals surface area contributed by atoms with E-state index in [-0.39, 0.29) is 6.61 Å². The molecule has 1 saturated heterocycles. The normalized spacial score (nSPS) is 15.9. The molecule has 0 aliphatic carbocycles. The van der Waals surface area contributed by atoms with E-state index in [0.717, 1.165) is 32.5 Å². The van der Waals surface area contributed by atoms with E-state index in [9.17, 15) is 4.79 Å². The molecule has 1 N–H and O–H groups in total. The number of aromatic nitrogens is 2.